The molecule has 22 heavy (non-hydrogen) atoms. The van der Waals surface area contributed by atoms with Crippen LogP contribution in [0.25, 0.3) is 0 Å². The summed E-state index contributed by atoms with van der Waals surface area (Å²) in [7, 11) is 1.82. The van der Waals surface area contributed by atoms with E-state index in [0.717, 1.165) is 17.7 Å². The van der Waals surface area contributed by atoms with Crippen molar-refractivity contribution in [3.63, 3.8) is 0 Å². The quantitative estimate of drug-likeness (QED) is 0.941. The van der Waals surface area contributed by atoms with Gasteiger partial charge in [0.05, 0.1) is 16.6 Å². The first-order chi connectivity index (χ1) is 10.5. The number of aryl methyl sites for hydroxylation is 1. The first kappa shape index (κ1) is 15.0. The molecule has 6 heteroatoms. The maximum Gasteiger partial charge on any atom is 0.229 e. The van der Waals surface area contributed by atoms with Gasteiger partial charge in [-0.25, -0.2) is 4.39 Å². The summed E-state index contributed by atoms with van der Waals surface area (Å²) in [4.78, 5) is 12.3. The highest BCUT2D eigenvalue weighted by Crippen LogP contribution is 2.41. The number of nitrogens with zero attached hydrogens (tertiary/aromatic N) is 2. The highest BCUT2D eigenvalue weighted by molar-refractivity contribution is 6.30. The minimum absolute atomic E-state index is 0.0365. The molecule has 1 amide bonds. The highest BCUT2D eigenvalue weighted by Gasteiger charge is 2.40. The van der Waals surface area contributed by atoms with Crippen LogP contribution in [0.3, 0.4) is 0 Å². The fourth-order valence-electron chi connectivity index (χ4n) is 2.72. The summed E-state index contributed by atoms with van der Waals surface area (Å²) in [5.74, 6) is -0.560. The Balaban J connectivity index is 1.62. The Hall–Kier alpha value is -1.88. The molecule has 1 aromatic heterocycles. The second kappa shape index (κ2) is 5.72. The number of halogens is 2. The van der Waals surface area contributed by atoms with Crippen molar-refractivity contribution < 1.29 is 9.18 Å². The Labute approximate surface area is 133 Å². The van der Waals surface area contributed by atoms with Gasteiger partial charge >= 0.3 is 0 Å². The number of rotatable bonds is 4. The summed E-state index contributed by atoms with van der Waals surface area (Å²) in [6.07, 6.45) is 2.50. The zero-order chi connectivity index (χ0) is 15.9. The van der Waals surface area contributed by atoms with Gasteiger partial charge in [-0.15, -0.1) is 0 Å². The zero-order valence-electron chi connectivity index (χ0n) is 12.4. The molecule has 4 nitrogen and oxygen atoms in total. The number of aromatic nitrogens is 2. The number of hydrogen-bond donors (Lipinski definition) is 1. The summed E-state index contributed by atoms with van der Waals surface area (Å²) in [6.45, 7) is 1.85. The summed E-state index contributed by atoms with van der Waals surface area (Å²) >= 11 is 5.69. The molecule has 116 valence electrons. The Bertz CT molecular complexity index is 715. The van der Waals surface area contributed by atoms with Gasteiger partial charge in [-0.05, 0) is 37.1 Å². The monoisotopic (exact) mass is 321 g/mol. The Morgan fingerprint density at radius 2 is 2.27 bits per heavy atom. The third-order valence-electron chi connectivity index (χ3n) is 4.19. The van der Waals surface area contributed by atoms with Crippen molar-refractivity contribution in [3.8, 4) is 0 Å². The maximum absolute atomic E-state index is 13.5. The lowest BCUT2D eigenvalue weighted by atomic mass is 10.1. The van der Waals surface area contributed by atoms with Gasteiger partial charge in [0, 0.05) is 25.2 Å². The summed E-state index contributed by atoms with van der Waals surface area (Å²) in [5, 5.41) is 7.21. The molecule has 0 bridgehead atoms. The molecule has 3 atom stereocenters. The topological polar surface area (TPSA) is 46.9 Å². The molecule has 1 saturated carbocycles. The smallest absolute Gasteiger partial charge is 0.229 e. The molecule has 0 radical (unpaired) electrons. The summed E-state index contributed by atoms with van der Waals surface area (Å²) in [5.41, 5.74) is 1.74. The van der Waals surface area contributed by atoms with Crippen LogP contribution in [-0.2, 0) is 11.8 Å². The molecule has 1 N–H and O–H groups in total. The molecule has 2 aromatic rings. The normalized spacial score (nSPS) is 21.5. The van der Waals surface area contributed by atoms with Gasteiger partial charge in [-0.3, -0.25) is 9.48 Å². The van der Waals surface area contributed by atoms with E-state index in [-0.39, 0.29) is 28.8 Å². The standard InChI is InChI=1S/C16H17ClFN3O/c1-9(15-5-6-19-21(15)2)16(22)20-14-8-11(14)10-3-4-12(17)13(18)7-10/h3-7,9,11,14H,8H2,1-2H3,(H,20,22)/t9-,11-,14+/m0/s1. The van der Waals surface area contributed by atoms with Gasteiger partial charge in [0.15, 0.2) is 0 Å². The lowest BCUT2D eigenvalue weighted by molar-refractivity contribution is -0.122. The predicted molar refractivity (Wildman–Crippen MR) is 82.3 cm³/mol. The van der Waals surface area contributed by atoms with Gasteiger partial charge in [0.25, 0.3) is 0 Å². The second-order valence-electron chi connectivity index (χ2n) is 5.73. The molecule has 0 aliphatic heterocycles. The van der Waals surface area contributed by atoms with Crippen LogP contribution in [0.15, 0.2) is 30.5 Å². The van der Waals surface area contributed by atoms with Crippen molar-refractivity contribution in [2.24, 2.45) is 7.05 Å². The van der Waals surface area contributed by atoms with Gasteiger partial charge in [-0.2, -0.15) is 5.10 Å². The van der Waals surface area contributed by atoms with Crippen LogP contribution in [-0.4, -0.2) is 21.7 Å². The van der Waals surface area contributed by atoms with E-state index in [2.05, 4.69) is 10.4 Å². The lowest BCUT2D eigenvalue weighted by Gasteiger charge is -2.12. The van der Waals surface area contributed by atoms with Crippen molar-refractivity contribution in [2.45, 2.75) is 31.2 Å². The van der Waals surface area contributed by atoms with E-state index in [1.165, 1.54) is 6.07 Å². The van der Waals surface area contributed by atoms with Crippen molar-refractivity contribution in [2.75, 3.05) is 0 Å². The van der Waals surface area contributed by atoms with Crippen LogP contribution in [0.5, 0.6) is 0 Å². The van der Waals surface area contributed by atoms with E-state index < -0.39 is 5.82 Å². The number of carbonyl (C=O) groups excluding carboxylic acids is 1. The molecule has 1 aliphatic carbocycles. The number of hydrogen-bond acceptors (Lipinski definition) is 2. The van der Waals surface area contributed by atoms with Crippen LogP contribution in [0, 0.1) is 5.82 Å². The highest BCUT2D eigenvalue weighted by atomic mass is 35.5. The fraction of sp³-hybridized carbons (Fsp3) is 0.375. The third-order valence-corrected chi connectivity index (χ3v) is 4.49. The van der Waals surface area contributed by atoms with Crippen LogP contribution in [0.4, 0.5) is 4.39 Å². The van der Waals surface area contributed by atoms with E-state index in [1.54, 1.807) is 16.9 Å². The Kier molecular flexibility index (Phi) is 3.91. The van der Waals surface area contributed by atoms with Crippen LogP contribution < -0.4 is 5.32 Å². The molecule has 1 heterocycles. The molecule has 1 aliphatic rings. The van der Waals surface area contributed by atoms with Crippen molar-refractivity contribution in [1.82, 2.24) is 15.1 Å². The maximum atomic E-state index is 13.5. The van der Waals surface area contributed by atoms with Gasteiger partial charge in [0.1, 0.15) is 5.82 Å². The predicted octanol–water partition coefficient (Wildman–Crippen LogP) is 2.99. The van der Waals surface area contributed by atoms with Gasteiger partial charge < -0.3 is 5.32 Å². The summed E-state index contributed by atoms with van der Waals surface area (Å²) in [6, 6.07) is 6.71. The second-order valence-corrected chi connectivity index (χ2v) is 6.14. The molecular formula is C16H17ClFN3O. The summed E-state index contributed by atoms with van der Waals surface area (Å²) < 4.78 is 15.2. The Morgan fingerprint density at radius 3 is 2.91 bits per heavy atom. The molecule has 0 saturated heterocycles. The molecule has 0 spiro atoms. The van der Waals surface area contributed by atoms with E-state index in [4.69, 9.17) is 11.6 Å². The van der Waals surface area contributed by atoms with Gasteiger partial charge in [-0.1, -0.05) is 17.7 Å². The van der Waals surface area contributed by atoms with E-state index in [9.17, 15) is 9.18 Å². The lowest BCUT2D eigenvalue weighted by Crippen LogP contribution is -2.31. The van der Waals surface area contributed by atoms with E-state index in [0.29, 0.717) is 0 Å². The minimum Gasteiger partial charge on any atom is -0.352 e. The Morgan fingerprint density at radius 1 is 1.50 bits per heavy atom. The minimum atomic E-state index is -0.417. The first-order valence-corrected chi connectivity index (χ1v) is 7.58. The number of amides is 1. The van der Waals surface area contributed by atoms with Crippen LogP contribution in [0.2, 0.25) is 5.02 Å². The van der Waals surface area contributed by atoms with Crippen molar-refractivity contribution in [1.29, 1.82) is 0 Å². The molecule has 1 aromatic carbocycles. The first-order valence-electron chi connectivity index (χ1n) is 7.20. The van der Waals surface area contributed by atoms with Crippen LogP contribution in [0.1, 0.15) is 36.4 Å². The number of carbonyl (C=O) groups is 1. The average molecular weight is 322 g/mol. The molecule has 1 fully saturated rings. The zero-order valence-corrected chi connectivity index (χ0v) is 13.1. The van der Waals surface area contributed by atoms with Crippen LogP contribution >= 0.6 is 11.6 Å². The van der Waals surface area contributed by atoms with E-state index >= 15 is 0 Å². The van der Waals surface area contributed by atoms with Crippen molar-refractivity contribution >= 4 is 17.5 Å². The molecule has 0 unspecified atom stereocenters. The number of nitrogens with one attached hydrogen (secondary N) is 1. The van der Waals surface area contributed by atoms with Gasteiger partial charge in [0.2, 0.25) is 5.91 Å². The average Bonchev–Trinajstić information content (AvgIpc) is 3.11. The SMILES string of the molecule is C[C@H](C(=O)N[C@@H]1C[C@H]1c1ccc(Cl)c(F)c1)c1ccnn1C. The molecular weight excluding hydrogens is 305 g/mol. The van der Waals surface area contributed by atoms with E-state index in [1.807, 2.05) is 26.1 Å². The largest absolute Gasteiger partial charge is 0.352 e. The van der Waals surface area contributed by atoms with Crippen molar-refractivity contribution in [3.05, 3.63) is 52.6 Å². The third kappa shape index (κ3) is 2.86. The molecule has 3 rings (SSSR count). The fourth-order valence-corrected chi connectivity index (χ4v) is 2.83. The number of benzene rings is 1.